The van der Waals surface area contributed by atoms with Crippen molar-refractivity contribution in [1.82, 2.24) is 9.88 Å². The van der Waals surface area contributed by atoms with Gasteiger partial charge in [-0.15, -0.1) is 0 Å². The molecule has 1 fully saturated rings. The topological polar surface area (TPSA) is 69.1 Å². The lowest BCUT2D eigenvalue weighted by molar-refractivity contribution is -0.00396. The van der Waals surface area contributed by atoms with Gasteiger partial charge in [0.15, 0.2) is 0 Å². The minimum absolute atomic E-state index is 0.0894. The number of aliphatic hydroxyl groups excluding tert-OH is 1. The number of nitrogens with zero attached hydrogens (tertiary/aromatic N) is 3. The SMILES string of the molecule is CCCOc1ccc(N2C[C@@H](C)N(C[C@@](C)(O)c3ccc(CO)nc3)C[C@H]2c2ccc(Cl)cc2)cc1. The fraction of sp³-hybridized carbons (Fsp3) is 0.414. The van der Waals surface area contributed by atoms with E-state index >= 15 is 0 Å². The Kier molecular flexibility index (Phi) is 8.52. The molecule has 0 spiro atoms. The Bertz CT molecular complexity index is 1100. The predicted octanol–water partition coefficient (Wildman–Crippen LogP) is 5.18. The van der Waals surface area contributed by atoms with Crippen LogP contribution in [0.2, 0.25) is 5.02 Å². The molecule has 2 aromatic carbocycles. The van der Waals surface area contributed by atoms with Gasteiger partial charge in [0.05, 0.1) is 24.9 Å². The van der Waals surface area contributed by atoms with Crippen molar-refractivity contribution in [2.75, 3.05) is 31.1 Å². The number of halogens is 1. The van der Waals surface area contributed by atoms with Crippen LogP contribution in [0.25, 0.3) is 0 Å². The van der Waals surface area contributed by atoms with Crippen LogP contribution in [0.3, 0.4) is 0 Å². The molecule has 192 valence electrons. The molecule has 0 amide bonds. The lowest BCUT2D eigenvalue weighted by Gasteiger charge is -2.48. The van der Waals surface area contributed by atoms with Crippen molar-refractivity contribution in [2.24, 2.45) is 0 Å². The number of β-amino-alcohol motifs (C(OH)–C–C–N with tert-alkyl or cyclic N) is 1. The highest BCUT2D eigenvalue weighted by Crippen LogP contribution is 2.35. The van der Waals surface area contributed by atoms with Crippen molar-refractivity contribution in [2.45, 2.75) is 51.5 Å². The molecule has 1 aliphatic rings. The van der Waals surface area contributed by atoms with E-state index in [0.717, 1.165) is 36.5 Å². The van der Waals surface area contributed by atoms with Gasteiger partial charge in [0.1, 0.15) is 11.4 Å². The van der Waals surface area contributed by atoms with Gasteiger partial charge in [-0.3, -0.25) is 9.88 Å². The molecule has 7 heteroatoms. The number of pyridine rings is 1. The lowest BCUT2D eigenvalue weighted by Crippen LogP contribution is -2.56. The van der Waals surface area contributed by atoms with Crippen LogP contribution in [0.4, 0.5) is 5.69 Å². The largest absolute Gasteiger partial charge is 0.494 e. The molecule has 0 saturated carbocycles. The maximum Gasteiger partial charge on any atom is 0.119 e. The number of hydrogen-bond donors (Lipinski definition) is 2. The summed E-state index contributed by atoms with van der Waals surface area (Å²) < 4.78 is 5.78. The highest BCUT2D eigenvalue weighted by Gasteiger charge is 2.37. The number of hydrogen-bond acceptors (Lipinski definition) is 6. The Hall–Kier alpha value is -2.64. The minimum Gasteiger partial charge on any atom is -0.494 e. The van der Waals surface area contributed by atoms with E-state index in [4.69, 9.17) is 16.3 Å². The van der Waals surface area contributed by atoms with Crippen LogP contribution >= 0.6 is 11.6 Å². The van der Waals surface area contributed by atoms with E-state index in [1.165, 1.54) is 5.56 Å². The van der Waals surface area contributed by atoms with Gasteiger partial charge >= 0.3 is 0 Å². The van der Waals surface area contributed by atoms with Crippen LogP contribution in [0.1, 0.15) is 50.1 Å². The molecule has 6 nitrogen and oxygen atoms in total. The molecule has 4 rings (SSSR count). The zero-order chi connectivity index (χ0) is 25.7. The molecule has 1 aliphatic heterocycles. The summed E-state index contributed by atoms with van der Waals surface area (Å²) in [6.45, 7) is 8.74. The summed E-state index contributed by atoms with van der Waals surface area (Å²) in [6, 6.07) is 20.3. The fourth-order valence-electron chi connectivity index (χ4n) is 4.78. The smallest absolute Gasteiger partial charge is 0.119 e. The van der Waals surface area contributed by atoms with Crippen molar-refractivity contribution in [3.8, 4) is 5.75 Å². The van der Waals surface area contributed by atoms with Crippen LogP contribution in [-0.4, -0.2) is 52.4 Å². The Balaban J connectivity index is 1.58. The molecular weight excluding hydrogens is 474 g/mol. The summed E-state index contributed by atoms with van der Waals surface area (Å²) in [4.78, 5) is 9.04. The normalized spacial score (nSPS) is 20.2. The standard InChI is InChI=1S/C29H36ClN3O3/c1-4-15-36-27-13-11-26(12-14-27)33-17-21(2)32(18-28(33)22-5-8-24(30)9-6-22)20-29(3,35)23-7-10-25(19-34)31-16-23/h5-14,16,21,28,34-35H,4,15,17-20H2,1-3H3/t21-,28+,29-/m1/s1. The lowest BCUT2D eigenvalue weighted by atomic mass is 9.93. The third-order valence-corrected chi connectivity index (χ3v) is 7.14. The maximum atomic E-state index is 11.4. The van der Waals surface area contributed by atoms with Crippen molar-refractivity contribution in [3.63, 3.8) is 0 Å². The molecule has 3 atom stereocenters. The first-order valence-electron chi connectivity index (χ1n) is 12.6. The van der Waals surface area contributed by atoms with Crippen LogP contribution in [0, 0.1) is 0 Å². The van der Waals surface area contributed by atoms with Crippen LogP contribution in [0.15, 0.2) is 66.9 Å². The van der Waals surface area contributed by atoms with E-state index in [9.17, 15) is 10.2 Å². The highest BCUT2D eigenvalue weighted by molar-refractivity contribution is 6.30. The molecule has 1 aromatic heterocycles. The van der Waals surface area contributed by atoms with Gasteiger partial charge in [-0.2, -0.15) is 0 Å². The Morgan fingerprint density at radius 3 is 2.39 bits per heavy atom. The van der Waals surface area contributed by atoms with Gasteiger partial charge in [-0.05, 0) is 68.3 Å². The summed E-state index contributed by atoms with van der Waals surface area (Å²) in [5, 5.41) is 21.4. The Morgan fingerprint density at radius 1 is 1.06 bits per heavy atom. The first-order chi connectivity index (χ1) is 17.3. The zero-order valence-electron chi connectivity index (χ0n) is 21.3. The van der Waals surface area contributed by atoms with Crippen molar-refractivity contribution in [3.05, 3.63) is 88.7 Å². The van der Waals surface area contributed by atoms with E-state index in [-0.39, 0.29) is 18.7 Å². The van der Waals surface area contributed by atoms with Crippen LogP contribution < -0.4 is 9.64 Å². The molecule has 36 heavy (non-hydrogen) atoms. The van der Waals surface area contributed by atoms with Crippen molar-refractivity contribution < 1.29 is 14.9 Å². The van der Waals surface area contributed by atoms with Crippen molar-refractivity contribution in [1.29, 1.82) is 0 Å². The molecule has 0 radical (unpaired) electrons. The molecule has 0 aliphatic carbocycles. The zero-order valence-corrected chi connectivity index (χ0v) is 22.0. The fourth-order valence-corrected chi connectivity index (χ4v) is 4.91. The first-order valence-corrected chi connectivity index (χ1v) is 13.0. The maximum absolute atomic E-state index is 11.4. The predicted molar refractivity (Wildman–Crippen MR) is 145 cm³/mol. The third kappa shape index (κ3) is 6.19. The summed E-state index contributed by atoms with van der Waals surface area (Å²) in [5.74, 6) is 0.882. The number of rotatable bonds is 9. The molecule has 0 bridgehead atoms. The van der Waals surface area contributed by atoms with E-state index in [1.807, 2.05) is 37.3 Å². The van der Waals surface area contributed by atoms with Gasteiger partial charge in [0, 0.05) is 48.1 Å². The molecular formula is C29H36ClN3O3. The summed E-state index contributed by atoms with van der Waals surface area (Å²) >= 11 is 6.20. The minimum atomic E-state index is -1.08. The molecule has 3 aromatic rings. The third-order valence-electron chi connectivity index (χ3n) is 6.88. The molecule has 0 unspecified atom stereocenters. The highest BCUT2D eigenvalue weighted by atomic mass is 35.5. The van der Waals surface area contributed by atoms with Gasteiger partial charge in [0.2, 0.25) is 0 Å². The van der Waals surface area contributed by atoms with Crippen LogP contribution in [0.5, 0.6) is 5.75 Å². The average molecular weight is 510 g/mol. The second kappa shape index (κ2) is 11.6. The van der Waals surface area contributed by atoms with Crippen LogP contribution in [-0.2, 0) is 12.2 Å². The molecule has 2 heterocycles. The number of aromatic nitrogens is 1. The number of piperazine rings is 1. The average Bonchev–Trinajstić information content (AvgIpc) is 2.89. The van der Waals surface area contributed by atoms with Gasteiger partial charge in [-0.25, -0.2) is 0 Å². The van der Waals surface area contributed by atoms with E-state index in [2.05, 4.69) is 52.9 Å². The van der Waals surface area contributed by atoms with Crippen molar-refractivity contribution >= 4 is 17.3 Å². The van der Waals surface area contributed by atoms with E-state index in [1.54, 1.807) is 12.3 Å². The number of ether oxygens (including phenoxy) is 1. The molecule has 2 N–H and O–H groups in total. The van der Waals surface area contributed by atoms with E-state index < -0.39 is 5.60 Å². The number of benzene rings is 2. The second-order valence-electron chi connectivity index (χ2n) is 9.81. The van der Waals surface area contributed by atoms with Gasteiger partial charge < -0.3 is 19.8 Å². The first kappa shape index (κ1) is 26.4. The summed E-state index contributed by atoms with van der Waals surface area (Å²) in [5.41, 5.74) is 2.56. The van der Waals surface area contributed by atoms with Gasteiger partial charge in [0.25, 0.3) is 0 Å². The Labute approximate surface area is 219 Å². The summed E-state index contributed by atoms with van der Waals surface area (Å²) in [7, 11) is 0. The second-order valence-corrected chi connectivity index (χ2v) is 10.2. The Morgan fingerprint density at radius 2 is 1.78 bits per heavy atom. The number of aliphatic hydroxyl groups is 2. The van der Waals surface area contributed by atoms with Gasteiger partial charge in [-0.1, -0.05) is 36.7 Å². The molecule has 1 saturated heterocycles. The quantitative estimate of drug-likeness (QED) is 0.414. The number of anilines is 1. The monoisotopic (exact) mass is 509 g/mol. The summed E-state index contributed by atoms with van der Waals surface area (Å²) in [6.07, 6.45) is 2.64. The van der Waals surface area contributed by atoms with E-state index in [0.29, 0.717) is 23.9 Å².